The molecule has 1 unspecified atom stereocenters. The van der Waals surface area contributed by atoms with E-state index in [1.807, 2.05) is 41.6 Å². The van der Waals surface area contributed by atoms with E-state index in [0.29, 0.717) is 0 Å². The number of anilines is 1. The lowest BCUT2D eigenvalue weighted by atomic mass is 9.96. The molecular formula is C21H23N3O2S. The fraction of sp³-hybridized carbons (Fsp3) is 0.333. The third-order valence-electron chi connectivity index (χ3n) is 5.22. The van der Waals surface area contributed by atoms with Gasteiger partial charge in [-0.2, -0.15) is 0 Å². The lowest BCUT2D eigenvalue weighted by molar-refractivity contribution is -0.132. The quantitative estimate of drug-likeness (QED) is 0.690. The van der Waals surface area contributed by atoms with Gasteiger partial charge in [0.15, 0.2) is 5.13 Å². The van der Waals surface area contributed by atoms with Crippen molar-refractivity contribution in [1.82, 2.24) is 9.88 Å². The van der Waals surface area contributed by atoms with Crippen molar-refractivity contribution >= 4 is 33.1 Å². The molecule has 1 saturated heterocycles. The van der Waals surface area contributed by atoms with Crippen LogP contribution < -0.4 is 9.64 Å². The Morgan fingerprint density at radius 3 is 2.56 bits per heavy atom. The zero-order valence-electron chi connectivity index (χ0n) is 15.6. The van der Waals surface area contributed by atoms with Gasteiger partial charge in [0.25, 0.3) is 0 Å². The number of thiazole rings is 1. The summed E-state index contributed by atoms with van der Waals surface area (Å²) in [5.74, 6) is 0.891. The number of piperazine rings is 1. The van der Waals surface area contributed by atoms with Crippen LogP contribution in [0.25, 0.3) is 10.8 Å². The number of fused-ring (bicyclic) bond motifs is 1. The van der Waals surface area contributed by atoms with Crippen LogP contribution in [0.15, 0.2) is 48.0 Å². The van der Waals surface area contributed by atoms with Crippen molar-refractivity contribution in [2.24, 2.45) is 0 Å². The normalized spacial score (nSPS) is 15.8. The van der Waals surface area contributed by atoms with Crippen molar-refractivity contribution in [3.8, 4) is 5.75 Å². The van der Waals surface area contributed by atoms with Crippen LogP contribution in [0.3, 0.4) is 0 Å². The van der Waals surface area contributed by atoms with Crippen molar-refractivity contribution in [2.75, 3.05) is 38.2 Å². The molecule has 1 aliphatic rings. The van der Waals surface area contributed by atoms with Gasteiger partial charge >= 0.3 is 0 Å². The molecular weight excluding hydrogens is 358 g/mol. The first-order chi connectivity index (χ1) is 13.2. The molecule has 3 aromatic rings. The summed E-state index contributed by atoms with van der Waals surface area (Å²) in [7, 11) is 1.67. The molecule has 140 valence electrons. The van der Waals surface area contributed by atoms with Crippen LogP contribution in [-0.2, 0) is 4.79 Å². The van der Waals surface area contributed by atoms with E-state index in [9.17, 15) is 4.79 Å². The number of methoxy groups -OCH3 is 1. The van der Waals surface area contributed by atoms with Crippen LogP contribution in [-0.4, -0.2) is 49.1 Å². The Morgan fingerprint density at radius 2 is 1.85 bits per heavy atom. The minimum Gasteiger partial charge on any atom is -0.497 e. The lowest BCUT2D eigenvalue weighted by Gasteiger charge is -2.36. The molecule has 0 radical (unpaired) electrons. The number of nitrogens with zero attached hydrogens (tertiary/aromatic N) is 3. The molecule has 2 aromatic carbocycles. The van der Waals surface area contributed by atoms with Crippen molar-refractivity contribution in [2.45, 2.75) is 12.8 Å². The first-order valence-corrected chi connectivity index (χ1v) is 10.0. The highest BCUT2D eigenvalue weighted by molar-refractivity contribution is 7.13. The molecule has 6 heteroatoms. The number of benzene rings is 2. The molecule has 5 nitrogen and oxygen atoms in total. The number of hydrogen-bond donors (Lipinski definition) is 0. The number of amides is 1. The highest BCUT2D eigenvalue weighted by atomic mass is 32.1. The van der Waals surface area contributed by atoms with Gasteiger partial charge in [0.05, 0.1) is 13.0 Å². The zero-order valence-corrected chi connectivity index (χ0v) is 16.4. The van der Waals surface area contributed by atoms with Crippen LogP contribution in [0, 0.1) is 0 Å². The van der Waals surface area contributed by atoms with Gasteiger partial charge < -0.3 is 14.5 Å². The van der Waals surface area contributed by atoms with Crippen molar-refractivity contribution < 1.29 is 9.53 Å². The Kier molecular flexibility index (Phi) is 4.99. The molecule has 0 spiro atoms. The molecule has 0 bridgehead atoms. The molecule has 1 amide bonds. The molecule has 1 aromatic heterocycles. The Hall–Kier alpha value is -2.60. The summed E-state index contributed by atoms with van der Waals surface area (Å²) < 4.78 is 5.28. The Morgan fingerprint density at radius 1 is 1.11 bits per heavy atom. The molecule has 27 heavy (non-hydrogen) atoms. The third-order valence-corrected chi connectivity index (χ3v) is 6.06. The summed E-state index contributed by atoms with van der Waals surface area (Å²) in [4.78, 5) is 21.6. The van der Waals surface area contributed by atoms with Crippen LogP contribution >= 0.6 is 11.3 Å². The Balaban J connectivity index is 1.45. The first kappa shape index (κ1) is 17.8. The third kappa shape index (κ3) is 3.62. The van der Waals surface area contributed by atoms with Crippen molar-refractivity contribution in [1.29, 1.82) is 0 Å². The zero-order chi connectivity index (χ0) is 18.8. The number of rotatable bonds is 4. The second-order valence-corrected chi connectivity index (χ2v) is 7.69. The van der Waals surface area contributed by atoms with Gasteiger partial charge in [-0.25, -0.2) is 4.98 Å². The average Bonchev–Trinajstić information content (AvgIpc) is 3.27. The molecule has 1 aliphatic heterocycles. The van der Waals surface area contributed by atoms with Gasteiger partial charge in [0, 0.05) is 37.8 Å². The van der Waals surface area contributed by atoms with Crippen molar-refractivity contribution in [3.63, 3.8) is 0 Å². The summed E-state index contributed by atoms with van der Waals surface area (Å²) in [6, 6.07) is 12.2. The fourth-order valence-corrected chi connectivity index (χ4v) is 4.24. The summed E-state index contributed by atoms with van der Waals surface area (Å²) in [6.07, 6.45) is 1.83. The maximum atomic E-state index is 13.0. The highest BCUT2D eigenvalue weighted by Gasteiger charge is 2.26. The lowest BCUT2D eigenvalue weighted by Crippen LogP contribution is -2.49. The SMILES string of the molecule is COc1ccc2cc(C(C)C(=O)N3CCN(c4nccs4)CC3)ccc2c1. The van der Waals surface area contributed by atoms with E-state index in [1.165, 1.54) is 0 Å². The van der Waals surface area contributed by atoms with Crippen LogP contribution in [0.1, 0.15) is 18.4 Å². The Bertz CT molecular complexity index is 934. The number of ether oxygens (including phenoxy) is 1. The van der Waals surface area contributed by atoms with E-state index < -0.39 is 0 Å². The van der Waals surface area contributed by atoms with Crippen molar-refractivity contribution in [3.05, 3.63) is 53.5 Å². The molecule has 0 N–H and O–H groups in total. The molecule has 4 rings (SSSR count). The van der Waals surface area contributed by atoms with E-state index in [0.717, 1.165) is 53.4 Å². The predicted octanol–water partition coefficient (Wildman–Crippen LogP) is 3.76. The molecule has 2 heterocycles. The largest absolute Gasteiger partial charge is 0.497 e. The number of aromatic nitrogens is 1. The summed E-state index contributed by atoms with van der Waals surface area (Å²) in [5, 5.41) is 5.28. The molecule has 1 atom stereocenters. The maximum absolute atomic E-state index is 13.0. The minimum absolute atomic E-state index is 0.150. The second-order valence-electron chi connectivity index (χ2n) is 6.82. The van der Waals surface area contributed by atoms with Gasteiger partial charge in [-0.05, 0) is 35.4 Å². The standard InChI is InChI=1S/C21H23N3O2S/c1-15(16-3-4-18-14-19(26-2)6-5-17(18)13-16)20(25)23-8-10-24(11-9-23)21-22-7-12-27-21/h3-7,12-15H,8-11H2,1-2H3. The summed E-state index contributed by atoms with van der Waals surface area (Å²) in [6.45, 7) is 5.16. The molecule has 0 saturated carbocycles. The van der Waals surface area contributed by atoms with Crippen LogP contribution in [0.5, 0.6) is 5.75 Å². The minimum atomic E-state index is -0.150. The number of carbonyl (C=O) groups excluding carboxylic acids is 1. The molecule has 0 aliphatic carbocycles. The monoisotopic (exact) mass is 381 g/mol. The second kappa shape index (κ2) is 7.56. The summed E-state index contributed by atoms with van der Waals surface area (Å²) in [5.41, 5.74) is 1.06. The van der Waals surface area contributed by atoms with Gasteiger partial charge in [-0.15, -0.1) is 11.3 Å². The van der Waals surface area contributed by atoms with Gasteiger partial charge in [0.1, 0.15) is 5.75 Å². The van der Waals surface area contributed by atoms with Crippen LogP contribution in [0.2, 0.25) is 0 Å². The Labute approximate surface area is 163 Å². The number of hydrogen-bond acceptors (Lipinski definition) is 5. The topological polar surface area (TPSA) is 45.7 Å². The van der Waals surface area contributed by atoms with Gasteiger partial charge in [-0.1, -0.05) is 24.3 Å². The van der Waals surface area contributed by atoms with Gasteiger partial charge in [-0.3, -0.25) is 4.79 Å². The van der Waals surface area contributed by atoms with E-state index in [1.54, 1.807) is 18.4 Å². The van der Waals surface area contributed by atoms with E-state index >= 15 is 0 Å². The first-order valence-electron chi connectivity index (χ1n) is 9.16. The van der Waals surface area contributed by atoms with E-state index in [-0.39, 0.29) is 11.8 Å². The highest BCUT2D eigenvalue weighted by Crippen LogP contribution is 2.27. The number of carbonyl (C=O) groups is 1. The fourth-order valence-electron chi connectivity index (χ4n) is 3.55. The summed E-state index contributed by atoms with van der Waals surface area (Å²) >= 11 is 1.65. The van der Waals surface area contributed by atoms with Crippen LogP contribution in [0.4, 0.5) is 5.13 Å². The van der Waals surface area contributed by atoms with E-state index in [4.69, 9.17) is 4.74 Å². The maximum Gasteiger partial charge on any atom is 0.229 e. The predicted molar refractivity (Wildman–Crippen MR) is 110 cm³/mol. The molecule has 1 fully saturated rings. The van der Waals surface area contributed by atoms with Gasteiger partial charge in [0.2, 0.25) is 5.91 Å². The van der Waals surface area contributed by atoms with E-state index in [2.05, 4.69) is 28.1 Å². The smallest absolute Gasteiger partial charge is 0.229 e. The average molecular weight is 382 g/mol.